The maximum Gasteiger partial charge on any atom is 0.313 e. The van der Waals surface area contributed by atoms with E-state index in [4.69, 9.17) is 4.74 Å². The van der Waals surface area contributed by atoms with E-state index >= 15 is 0 Å². The highest BCUT2D eigenvalue weighted by atomic mass is 79.9. The first kappa shape index (κ1) is 12.4. The van der Waals surface area contributed by atoms with E-state index in [1.807, 2.05) is 0 Å². The lowest BCUT2D eigenvalue weighted by Crippen LogP contribution is -2.57. The molecule has 1 aliphatic carbocycles. The number of fused-ring (bicyclic) bond motifs is 1. The highest BCUT2D eigenvalue weighted by molar-refractivity contribution is 9.10. The van der Waals surface area contributed by atoms with E-state index in [-0.39, 0.29) is 0 Å². The Morgan fingerprint density at radius 2 is 2.26 bits per heavy atom. The molecule has 0 spiro atoms. The Morgan fingerprint density at radius 1 is 1.53 bits per heavy atom. The number of amides is 1. The van der Waals surface area contributed by atoms with Gasteiger partial charge in [-0.25, -0.2) is 4.98 Å². The third-order valence-electron chi connectivity index (χ3n) is 3.72. The molecule has 6 nitrogen and oxygen atoms in total. The van der Waals surface area contributed by atoms with Gasteiger partial charge >= 0.3 is 5.97 Å². The molecular formula is C12H11BrN2O4. The average Bonchev–Trinajstić information content (AvgIpc) is 2.28. The molecule has 1 aromatic heterocycles. The maximum absolute atomic E-state index is 12.1. The third kappa shape index (κ3) is 1.80. The van der Waals surface area contributed by atoms with E-state index in [0.717, 1.165) is 6.42 Å². The van der Waals surface area contributed by atoms with Gasteiger partial charge in [0.05, 0.1) is 0 Å². The molecule has 1 atom stereocenters. The van der Waals surface area contributed by atoms with Crippen molar-refractivity contribution in [2.45, 2.75) is 25.4 Å². The smallest absolute Gasteiger partial charge is 0.313 e. The van der Waals surface area contributed by atoms with Crippen molar-refractivity contribution in [3.8, 4) is 5.75 Å². The van der Waals surface area contributed by atoms with Crippen molar-refractivity contribution in [3.63, 3.8) is 0 Å². The number of anilines is 1. The van der Waals surface area contributed by atoms with Gasteiger partial charge in [-0.3, -0.25) is 9.59 Å². The Morgan fingerprint density at radius 3 is 2.84 bits per heavy atom. The predicted octanol–water partition coefficient (Wildman–Crippen LogP) is 1.80. The number of nitrogens with one attached hydrogen (secondary N) is 1. The van der Waals surface area contributed by atoms with Crippen LogP contribution >= 0.6 is 15.9 Å². The molecule has 1 amide bonds. The van der Waals surface area contributed by atoms with Crippen molar-refractivity contribution in [1.29, 1.82) is 0 Å². The van der Waals surface area contributed by atoms with Gasteiger partial charge in [0.25, 0.3) is 5.91 Å². The van der Waals surface area contributed by atoms with Gasteiger partial charge < -0.3 is 15.2 Å². The van der Waals surface area contributed by atoms with Crippen LogP contribution < -0.4 is 10.1 Å². The molecule has 3 rings (SSSR count). The molecule has 2 N–H and O–H groups in total. The summed E-state index contributed by atoms with van der Waals surface area (Å²) in [5.41, 5.74) is -1.10. The number of hydrogen-bond donors (Lipinski definition) is 2. The van der Waals surface area contributed by atoms with Crippen molar-refractivity contribution in [2.24, 2.45) is 5.41 Å². The number of pyridine rings is 1. The zero-order valence-corrected chi connectivity index (χ0v) is 11.4. The van der Waals surface area contributed by atoms with Gasteiger partial charge in [0.15, 0.2) is 17.7 Å². The SMILES string of the molecule is O=C1Nc2nc(Br)ccc2OC1C1(C(=O)O)CCC1. The minimum atomic E-state index is -1.10. The highest BCUT2D eigenvalue weighted by Crippen LogP contribution is 2.47. The van der Waals surface area contributed by atoms with E-state index < -0.39 is 23.4 Å². The molecule has 1 fully saturated rings. The molecule has 100 valence electrons. The number of halogens is 1. The van der Waals surface area contributed by atoms with E-state index in [9.17, 15) is 14.7 Å². The fourth-order valence-electron chi connectivity index (χ4n) is 2.48. The summed E-state index contributed by atoms with van der Waals surface area (Å²) in [6, 6.07) is 3.34. The summed E-state index contributed by atoms with van der Waals surface area (Å²) in [5, 5.41) is 12.0. The van der Waals surface area contributed by atoms with E-state index in [1.165, 1.54) is 0 Å². The van der Waals surface area contributed by atoms with Crippen LogP contribution in [0.5, 0.6) is 5.75 Å². The highest BCUT2D eigenvalue weighted by Gasteiger charge is 2.56. The Labute approximate surface area is 117 Å². The molecule has 7 heteroatoms. The van der Waals surface area contributed by atoms with Crippen LogP contribution in [0.2, 0.25) is 0 Å². The number of hydrogen-bond acceptors (Lipinski definition) is 4. The number of carbonyl (C=O) groups excluding carboxylic acids is 1. The van der Waals surface area contributed by atoms with Gasteiger partial charge in [0, 0.05) is 0 Å². The van der Waals surface area contributed by atoms with Crippen LogP contribution in [0.1, 0.15) is 19.3 Å². The molecule has 0 radical (unpaired) electrons. The van der Waals surface area contributed by atoms with E-state index in [0.29, 0.717) is 29.0 Å². The van der Waals surface area contributed by atoms with Crippen LogP contribution in [-0.2, 0) is 9.59 Å². The van der Waals surface area contributed by atoms with Crippen LogP contribution in [0.15, 0.2) is 16.7 Å². The fourth-order valence-corrected chi connectivity index (χ4v) is 2.79. The number of aliphatic carboxylic acids is 1. The molecular weight excluding hydrogens is 316 g/mol. The molecule has 19 heavy (non-hydrogen) atoms. The third-order valence-corrected chi connectivity index (χ3v) is 4.16. The standard InChI is InChI=1S/C12H11BrN2O4/c13-7-3-2-6-9(14-7)15-10(16)8(19-6)12(11(17)18)4-1-5-12/h2-3,8H,1,4-5H2,(H,17,18)(H,14,15,16). The second kappa shape index (κ2) is 4.19. The minimum Gasteiger partial charge on any atom is -0.481 e. The fraction of sp³-hybridized carbons (Fsp3) is 0.417. The second-order valence-electron chi connectivity index (χ2n) is 4.78. The Balaban J connectivity index is 1.96. The van der Waals surface area contributed by atoms with Crippen molar-refractivity contribution in [1.82, 2.24) is 4.98 Å². The van der Waals surface area contributed by atoms with Crippen LogP contribution in [0, 0.1) is 5.41 Å². The molecule has 2 aliphatic rings. The average molecular weight is 327 g/mol. The lowest BCUT2D eigenvalue weighted by molar-refractivity contribution is -0.167. The zero-order valence-electron chi connectivity index (χ0n) is 9.85. The van der Waals surface area contributed by atoms with E-state index in [2.05, 4.69) is 26.2 Å². The molecule has 2 heterocycles. The summed E-state index contributed by atoms with van der Waals surface area (Å²) in [5.74, 6) is -0.705. The number of aromatic nitrogens is 1. The first-order valence-corrected chi connectivity index (χ1v) is 6.70. The topological polar surface area (TPSA) is 88.5 Å². The normalized spacial score (nSPS) is 23.6. The predicted molar refractivity (Wildman–Crippen MR) is 68.9 cm³/mol. The molecule has 0 bridgehead atoms. The van der Waals surface area contributed by atoms with Gasteiger partial charge in [-0.1, -0.05) is 6.42 Å². The molecule has 1 aliphatic heterocycles. The lowest BCUT2D eigenvalue weighted by atomic mass is 9.64. The van der Waals surface area contributed by atoms with E-state index in [1.54, 1.807) is 12.1 Å². The number of carbonyl (C=O) groups is 2. The maximum atomic E-state index is 12.1. The van der Waals surface area contributed by atoms with Gasteiger partial charge in [0.1, 0.15) is 10.0 Å². The van der Waals surface area contributed by atoms with Gasteiger partial charge in [0.2, 0.25) is 0 Å². The Bertz CT molecular complexity index is 571. The quantitative estimate of drug-likeness (QED) is 0.809. The summed E-state index contributed by atoms with van der Waals surface area (Å²) in [6.45, 7) is 0. The van der Waals surface area contributed by atoms with Crippen molar-refractivity contribution in [2.75, 3.05) is 5.32 Å². The number of carboxylic acid groups (broad SMARTS) is 1. The minimum absolute atomic E-state index is 0.315. The molecule has 0 saturated heterocycles. The largest absolute Gasteiger partial charge is 0.481 e. The Hall–Kier alpha value is -1.63. The molecule has 0 aromatic carbocycles. The number of ether oxygens (including phenoxy) is 1. The second-order valence-corrected chi connectivity index (χ2v) is 5.60. The number of carboxylic acids is 1. The zero-order chi connectivity index (χ0) is 13.6. The summed E-state index contributed by atoms with van der Waals surface area (Å²) in [6.07, 6.45) is 0.721. The van der Waals surface area contributed by atoms with Gasteiger partial charge in [-0.05, 0) is 40.9 Å². The first-order chi connectivity index (χ1) is 9.03. The molecule has 1 unspecified atom stereocenters. The van der Waals surface area contributed by atoms with Crippen LogP contribution in [-0.4, -0.2) is 28.1 Å². The monoisotopic (exact) mass is 326 g/mol. The summed E-state index contributed by atoms with van der Waals surface area (Å²) >= 11 is 3.20. The summed E-state index contributed by atoms with van der Waals surface area (Å²) < 4.78 is 6.17. The number of nitrogens with zero attached hydrogens (tertiary/aromatic N) is 1. The lowest BCUT2D eigenvalue weighted by Gasteiger charge is -2.43. The van der Waals surface area contributed by atoms with Crippen LogP contribution in [0.4, 0.5) is 5.82 Å². The summed E-state index contributed by atoms with van der Waals surface area (Å²) in [4.78, 5) is 27.6. The van der Waals surface area contributed by atoms with Crippen molar-refractivity contribution < 1.29 is 19.4 Å². The van der Waals surface area contributed by atoms with Crippen molar-refractivity contribution in [3.05, 3.63) is 16.7 Å². The van der Waals surface area contributed by atoms with Gasteiger partial charge in [-0.2, -0.15) is 0 Å². The number of rotatable bonds is 2. The molecule has 1 saturated carbocycles. The summed E-state index contributed by atoms with van der Waals surface area (Å²) in [7, 11) is 0. The Kier molecular flexibility index (Phi) is 2.74. The first-order valence-electron chi connectivity index (χ1n) is 5.90. The van der Waals surface area contributed by atoms with Gasteiger partial charge in [-0.15, -0.1) is 0 Å². The van der Waals surface area contributed by atoms with Crippen LogP contribution in [0.3, 0.4) is 0 Å². The van der Waals surface area contributed by atoms with Crippen molar-refractivity contribution >= 4 is 33.6 Å². The van der Waals surface area contributed by atoms with Crippen LogP contribution in [0.25, 0.3) is 0 Å². The molecule has 1 aromatic rings.